The van der Waals surface area contributed by atoms with Crippen molar-refractivity contribution in [2.24, 2.45) is 5.92 Å². The van der Waals surface area contributed by atoms with Gasteiger partial charge in [0.05, 0.1) is 13.7 Å². The minimum atomic E-state index is 0. The molecule has 110 valence electrons. The molecule has 0 aliphatic rings. The molecule has 0 saturated carbocycles. The molecular formula is C14H23ClNO3-. The van der Waals surface area contributed by atoms with Crippen molar-refractivity contribution in [2.45, 2.75) is 20.4 Å². The summed E-state index contributed by atoms with van der Waals surface area (Å²) in [4.78, 5) is 0. The second-order valence-corrected chi connectivity index (χ2v) is 4.58. The third kappa shape index (κ3) is 6.66. The van der Waals surface area contributed by atoms with Crippen LogP contribution in [0.1, 0.15) is 19.4 Å². The topological polar surface area (TPSA) is 50.7 Å². The van der Waals surface area contributed by atoms with E-state index >= 15 is 0 Å². The zero-order valence-corrected chi connectivity index (χ0v) is 12.5. The van der Waals surface area contributed by atoms with Crippen LogP contribution < -0.4 is 27.2 Å². The van der Waals surface area contributed by atoms with E-state index in [2.05, 4.69) is 19.2 Å². The number of rotatable bonds is 8. The van der Waals surface area contributed by atoms with Gasteiger partial charge in [-0.2, -0.15) is 0 Å². The van der Waals surface area contributed by atoms with Crippen LogP contribution in [0, 0.1) is 5.92 Å². The summed E-state index contributed by atoms with van der Waals surface area (Å²) in [5.74, 6) is 2.01. The smallest absolute Gasteiger partial charge is 0.161 e. The normalized spacial score (nSPS) is 10.2. The van der Waals surface area contributed by atoms with E-state index in [1.54, 1.807) is 7.11 Å². The number of methoxy groups -OCH3 is 1. The SMILES string of the molecule is COc1cc(CNCC(C)C)ccc1OCCO.[Cl-]. The molecule has 0 saturated heterocycles. The van der Waals surface area contributed by atoms with Crippen molar-refractivity contribution in [1.82, 2.24) is 5.32 Å². The van der Waals surface area contributed by atoms with E-state index in [1.165, 1.54) is 0 Å². The largest absolute Gasteiger partial charge is 1.00 e. The molecule has 0 heterocycles. The summed E-state index contributed by atoms with van der Waals surface area (Å²) in [5, 5.41) is 12.1. The fraction of sp³-hybridized carbons (Fsp3) is 0.571. The van der Waals surface area contributed by atoms with Gasteiger partial charge in [0.15, 0.2) is 11.5 Å². The van der Waals surface area contributed by atoms with Crippen LogP contribution in [-0.4, -0.2) is 32.0 Å². The predicted molar refractivity (Wildman–Crippen MR) is 72.1 cm³/mol. The Morgan fingerprint density at radius 3 is 2.58 bits per heavy atom. The average molecular weight is 289 g/mol. The lowest BCUT2D eigenvalue weighted by Crippen LogP contribution is -3.00. The number of aliphatic hydroxyl groups is 1. The minimum Gasteiger partial charge on any atom is -1.00 e. The monoisotopic (exact) mass is 288 g/mol. The van der Waals surface area contributed by atoms with Crippen LogP contribution in [0.3, 0.4) is 0 Å². The number of aliphatic hydroxyl groups excluding tert-OH is 1. The molecule has 0 bridgehead atoms. The highest BCUT2D eigenvalue weighted by Gasteiger charge is 2.05. The van der Waals surface area contributed by atoms with Crippen molar-refractivity contribution >= 4 is 0 Å². The lowest BCUT2D eigenvalue weighted by molar-refractivity contribution is -0.00000541. The van der Waals surface area contributed by atoms with Crippen molar-refractivity contribution in [3.8, 4) is 11.5 Å². The number of benzene rings is 1. The van der Waals surface area contributed by atoms with Gasteiger partial charge in [0.25, 0.3) is 0 Å². The third-order valence-electron chi connectivity index (χ3n) is 2.46. The molecule has 0 atom stereocenters. The van der Waals surface area contributed by atoms with Gasteiger partial charge in [0.2, 0.25) is 0 Å². The Hall–Kier alpha value is -0.970. The van der Waals surface area contributed by atoms with Gasteiger partial charge in [-0.3, -0.25) is 0 Å². The molecule has 4 nitrogen and oxygen atoms in total. The molecule has 0 amide bonds. The van der Waals surface area contributed by atoms with Crippen LogP contribution in [0.15, 0.2) is 18.2 Å². The molecule has 0 aliphatic heterocycles. The fourth-order valence-electron chi connectivity index (χ4n) is 1.60. The molecule has 0 unspecified atom stereocenters. The Labute approximate surface area is 121 Å². The van der Waals surface area contributed by atoms with Gasteiger partial charge in [-0.15, -0.1) is 0 Å². The molecule has 1 rings (SSSR count). The second kappa shape index (κ2) is 9.89. The Bertz CT molecular complexity index is 359. The maximum atomic E-state index is 8.74. The first kappa shape index (κ1) is 18.0. The number of hydrogen-bond donors (Lipinski definition) is 2. The summed E-state index contributed by atoms with van der Waals surface area (Å²) in [6.07, 6.45) is 0. The van der Waals surface area contributed by atoms with Gasteiger partial charge in [0.1, 0.15) is 6.61 Å². The Morgan fingerprint density at radius 1 is 1.26 bits per heavy atom. The van der Waals surface area contributed by atoms with Crippen LogP contribution in [0.2, 0.25) is 0 Å². The standard InChI is InChI=1S/C14H23NO3.ClH/c1-11(2)9-15-10-12-4-5-13(18-7-6-16)14(8-12)17-3;/h4-5,8,11,15-16H,6-7,9-10H2,1-3H3;1H/p-1. The highest BCUT2D eigenvalue weighted by atomic mass is 35.5. The van der Waals surface area contributed by atoms with Gasteiger partial charge in [-0.1, -0.05) is 19.9 Å². The Kier molecular flexibility index (Phi) is 9.39. The number of halogens is 1. The van der Waals surface area contributed by atoms with Gasteiger partial charge in [-0.05, 0) is 30.2 Å². The van der Waals surface area contributed by atoms with Crippen molar-refractivity contribution in [1.29, 1.82) is 0 Å². The summed E-state index contributed by atoms with van der Waals surface area (Å²) >= 11 is 0. The first-order valence-corrected chi connectivity index (χ1v) is 6.28. The zero-order chi connectivity index (χ0) is 13.4. The van der Waals surface area contributed by atoms with E-state index in [0.717, 1.165) is 18.7 Å². The van der Waals surface area contributed by atoms with E-state index < -0.39 is 0 Å². The minimum absolute atomic E-state index is 0. The second-order valence-electron chi connectivity index (χ2n) is 4.58. The van der Waals surface area contributed by atoms with E-state index in [-0.39, 0.29) is 25.6 Å². The fourth-order valence-corrected chi connectivity index (χ4v) is 1.60. The Morgan fingerprint density at radius 2 is 2.00 bits per heavy atom. The van der Waals surface area contributed by atoms with Crippen LogP contribution in [0.4, 0.5) is 0 Å². The van der Waals surface area contributed by atoms with Gasteiger partial charge in [-0.25, -0.2) is 0 Å². The highest BCUT2D eigenvalue weighted by Crippen LogP contribution is 2.27. The molecule has 19 heavy (non-hydrogen) atoms. The molecule has 0 radical (unpaired) electrons. The molecule has 1 aromatic carbocycles. The van der Waals surface area contributed by atoms with E-state index in [9.17, 15) is 0 Å². The maximum Gasteiger partial charge on any atom is 0.161 e. The van der Waals surface area contributed by atoms with Gasteiger partial charge < -0.3 is 32.3 Å². The molecule has 0 aliphatic carbocycles. The van der Waals surface area contributed by atoms with E-state index in [4.69, 9.17) is 14.6 Å². The summed E-state index contributed by atoms with van der Waals surface area (Å²) in [7, 11) is 1.62. The van der Waals surface area contributed by atoms with E-state index in [1.807, 2.05) is 18.2 Å². The maximum absolute atomic E-state index is 8.74. The summed E-state index contributed by atoms with van der Waals surface area (Å²) in [6, 6.07) is 5.84. The van der Waals surface area contributed by atoms with E-state index in [0.29, 0.717) is 17.4 Å². The lowest BCUT2D eigenvalue weighted by atomic mass is 10.2. The van der Waals surface area contributed by atoms with Gasteiger partial charge >= 0.3 is 0 Å². The Balaban J connectivity index is 0.00000324. The molecule has 0 fully saturated rings. The average Bonchev–Trinajstić information content (AvgIpc) is 2.36. The number of hydrogen-bond acceptors (Lipinski definition) is 4. The number of nitrogens with one attached hydrogen (secondary N) is 1. The molecule has 2 N–H and O–H groups in total. The van der Waals surface area contributed by atoms with Crippen molar-refractivity contribution < 1.29 is 27.0 Å². The molecule has 0 aromatic heterocycles. The van der Waals surface area contributed by atoms with Crippen LogP contribution in [0.25, 0.3) is 0 Å². The predicted octanol–water partition coefficient (Wildman–Crippen LogP) is -1.18. The van der Waals surface area contributed by atoms with Gasteiger partial charge in [0, 0.05) is 6.54 Å². The summed E-state index contributed by atoms with van der Waals surface area (Å²) in [6.45, 7) is 6.45. The van der Waals surface area contributed by atoms with Crippen LogP contribution in [-0.2, 0) is 6.54 Å². The summed E-state index contributed by atoms with van der Waals surface area (Å²) in [5.41, 5.74) is 1.16. The van der Waals surface area contributed by atoms with Crippen molar-refractivity contribution in [2.75, 3.05) is 26.9 Å². The first-order chi connectivity index (χ1) is 8.67. The highest BCUT2D eigenvalue weighted by molar-refractivity contribution is 5.42. The quantitative estimate of drug-likeness (QED) is 0.632. The van der Waals surface area contributed by atoms with Crippen molar-refractivity contribution in [3.05, 3.63) is 23.8 Å². The molecule has 1 aromatic rings. The molecular weight excluding hydrogens is 266 g/mol. The van der Waals surface area contributed by atoms with Crippen molar-refractivity contribution in [3.63, 3.8) is 0 Å². The third-order valence-corrected chi connectivity index (χ3v) is 2.46. The van der Waals surface area contributed by atoms with Crippen LogP contribution >= 0.6 is 0 Å². The summed E-state index contributed by atoms with van der Waals surface area (Å²) < 4.78 is 10.7. The number of ether oxygens (including phenoxy) is 2. The van der Waals surface area contributed by atoms with Crippen LogP contribution in [0.5, 0.6) is 11.5 Å². The first-order valence-electron chi connectivity index (χ1n) is 6.28. The molecule has 5 heteroatoms. The molecule has 0 spiro atoms. The zero-order valence-electron chi connectivity index (χ0n) is 11.8. The lowest BCUT2D eigenvalue weighted by Gasteiger charge is -2.12.